The molecule has 2 N–H and O–H groups in total. The van der Waals surface area contributed by atoms with E-state index in [1.807, 2.05) is 6.92 Å². The molecule has 2 heterocycles. The molecule has 1 aromatic heterocycles. The number of sulfonamides is 1. The molecule has 7 heteroatoms. The first-order valence-electron chi connectivity index (χ1n) is 5.86. The largest absolute Gasteiger partial charge is 0.452 e. The molecule has 0 saturated carbocycles. The third-order valence-corrected chi connectivity index (χ3v) is 4.59. The molecule has 1 saturated heterocycles. The van der Waals surface area contributed by atoms with E-state index in [2.05, 4.69) is 10.0 Å². The van der Waals surface area contributed by atoms with Crippen molar-refractivity contribution < 1.29 is 12.8 Å². The molecule has 0 aromatic carbocycles. The highest BCUT2D eigenvalue weighted by molar-refractivity contribution is 7.89. The highest BCUT2D eigenvalue weighted by atomic mass is 35.5. The molecular weight excluding hydrogens is 276 g/mol. The van der Waals surface area contributed by atoms with E-state index in [1.54, 1.807) is 6.07 Å². The van der Waals surface area contributed by atoms with Crippen LogP contribution >= 0.6 is 12.4 Å². The van der Waals surface area contributed by atoms with E-state index in [0.717, 1.165) is 25.9 Å². The van der Waals surface area contributed by atoms with Crippen molar-refractivity contribution in [1.29, 1.82) is 0 Å². The number of furan rings is 1. The molecule has 1 fully saturated rings. The number of nitrogens with one attached hydrogen (secondary N) is 2. The predicted molar refractivity (Wildman–Crippen MR) is 71.3 cm³/mol. The zero-order valence-corrected chi connectivity index (χ0v) is 11.9. The number of halogens is 1. The fourth-order valence-corrected chi connectivity index (χ4v) is 3.36. The number of hydrogen-bond acceptors (Lipinski definition) is 4. The lowest BCUT2D eigenvalue weighted by molar-refractivity contribution is 0.318. The molecule has 104 valence electrons. The third-order valence-electron chi connectivity index (χ3n) is 3.14. The molecular formula is C11H19ClN2O3S. The van der Waals surface area contributed by atoms with Gasteiger partial charge in [-0.1, -0.05) is 0 Å². The van der Waals surface area contributed by atoms with Crippen LogP contribution in [0.4, 0.5) is 0 Å². The summed E-state index contributed by atoms with van der Waals surface area (Å²) in [5, 5.41) is 3.26. The third kappa shape index (κ3) is 3.71. The van der Waals surface area contributed by atoms with Crippen LogP contribution in [0.2, 0.25) is 0 Å². The van der Waals surface area contributed by atoms with Gasteiger partial charge in [0.2, 0.25) is 5.09 Å². The Kier molecular flexibility index (Phi) is 5.65. The first-order valence-corrected chi connectivity index (χ1v) is 7.34. The van der Waals surface area contributed by atoms with Gasteiger partial charge in [-0.05, 0) is 50.9 Å². The minimum absolute atomic E-state index is 0. The van der Waals surface area contributed by atoms with Gasteiger partial charge in [-0.2, -0.15) is 0 Å². The molecule has 2 unspecified atom stereocenters. The fourth-order valence-electron chi connectivity index (χ4n) is 2.12. The van der Waals surface area contributed by atoms with Gasteiger partial charge < -0.3 is 9.73 Å². The average Bonchev–Trinajstić information content (AvgIpc) is 2.84. The van der Waals surface area contributed by atoms with Gasteiger partial charge in [0.25, 0.3) is 10.0 Å². The smallest absolute Gasteiger partial charge is 0.274 e. The maximum atomic E-state index is 11.9. The summed E-state index contributed by atoms with van der Waals surface area (Å²) in [6, 6.07) is 2.94. The highest BCUT2D eigenvalue weighted by Crippen LogP contribution is 2.17. The Bertz CT molecular complexity index is 441. The molecule has 1 aliphatic heterocycles. The van der Waals surface area contributed by atoms with Gasteiger partial charge in [-0.25, -0.2) is 13.1 Å². The lowest BCUT2D eigenvalue weighted by atomic mass is 9.94. The van der Waals surface area contributed by atoms with Crippen LogP contribution in [0.25, 0.3) is 0 Å². The molecule has 0 spiro atoms. The topological polar surface area (TPSA) is 71.3 Å². The van der Waals surface area contributed by atoms with Crippen LogP contribution in [0.1, 0.15) is 19.8 Å². The molecule has 5 nitrogen and oxygen atoms in total. The van der Waals surface area contributed by atoms with Gasteiger partial charge >= 0.3 is 0 Å². The number of piperidine rings is 1. The second-order valence-corrected chi connectivity index (χ2v) is 6.09. The number of hydrogen-bond donors (Lipinski definition) is 2. The van der Waals surface area contributed by atoms with E-state index < -0.39 is 10.0 Å². The quantitative estimate of drug-likeness (QED) is 0.880. The first-order chi connectivity index (χ1) is 8.09. The van der Waals surface area contributed by atoms with E-state index in [4.69, 9.17) is 4.42 Å². The van der Waals surface area contributed by atoms with E-state index >= 15 is 0 Å². The van der Waals surface area contributed by atoms with Gasteiger partial charge in [0, 0.05) is 6.04 Å². The van der Waals surface area contributed by atoms with Crippen molar-refractivity contribution in [2.45, 2.75) is 30.9 Å². The van der Waals surface area contributed by atoms with Crippen molar-refractivity contribution >= 4 is 22.4 Å². The molecule has 18 heavy (non-hydrogen) atoms. The van der Waals surface area contributed by atoms with Crippen LogP contribution in [-0.2, 0) is 10.0 Å². The summed E-state index contributed by atoms with van der Waals surface area (Å²) in [4.78, 5) is 0. The molecule has 0 bridgehead atoms. The van der Waals surface area contributed by atoms with Gasteiger partial charge in [-0.15, -0.1) is 12.4 Å². The van der Waals surface area contributed by atoms with Crippen LogP contribution < -0.4 is 10.0 Å². The zero-order chi connectivity index (χ0) is 12.3. The summed E-state index contributed by atoms with van der Waals surface area (Å²) >= 11 is 0. The van der Waals surface area contributed by atoms with Gasteiger partial charge in [0.15, 0.2) is 0 Å². The van der Waals surface area contributed by atoms with E-state index in [9.17, 15) is 8.42 Å². The summed E-state index contributed by atoms with van der Waals surface area (Å²) in [5.41, 5.74) is 0. The summed E-state index contributed by atoms with van der Waals surface area (Å²) in [6.45, 7) is 3.79. The zero-order valence-electron chi connectivity index (χ0n) is 10.3. The molecule has 1 aromatic rings. The van der Waals surface area contributed by atoms with Crippen molar-refractivity contribution in [2.24, 2.45) is 5.92 Å². The fraction of sp³-hybridized carbons (Fsp3) is 0.636. The lowest BCUT2D eigenvalue weighted by Gasteiger charge is -2.28. The molecule has 1 aliphatic rings. The van der Waals surface area contributed by atoms with E-state index in [1.165, 1.54) is 12.3 Å². The lowest BCUT2D eigenvalue weighted by Crippen LogP contribution is -2.44. The van der Waals surface area contributed by atoms with Crippen molar-refractivity contribution in [3.8, 4) is 0 Å². The molecule has 2 rings (SSSR count). The second kappa shape index (κ2) is 6.56. The Balaban J connectivity index is 0.00000162. The van der Waals surface area contributed by atoms with Crippen LogP contribution in [0, 0.1) is 5.92 Å². The standard InChI is InChI=1S/C11H18N2O3S.ClH/c1-9(10-4-2-6-12-8-10)13-17(14,15)11-5-3-7-16-11;/h3,5,7,9-10,12-13H,2,4,6,8H2,1H3;1H. The van der Waals surface area contributed by atoms with Crippen molar-refractivity contribution in [1.82, 2.24) is 10.0 Å². The normalized spacial score (nSPS) is 22.2. The summed E-state index contributed by atoms with van der Waals surface area (Å²) < 4.78 is 31.4. The summed E-state index contributed by atoms with van der Waals surface area (Å²) in [6.07, 6.45) is 3.51. The Labute approximate surface area is 114 Å². The van der Waals surface area contributed by atoms with E-state index in [-0.39, 0.29) is 23.5 Å². The van der Waals surface area contributed by atoms with Gasteiger partial charge in [0.05, 0.1) is 6.26 Å². The Morgan fingerprint density at radius 3 is 2.89 bits per heavy atom. The summed E-state index contributed by atoms with van der Waals surface area (Å²) in [5.74, 6) is 0.341. The van der Waals surface area contributed by atoms with Crippen molar-refractivity contribution in [2.75, 3.05) is 13.1 Å². The minimum atomic E-state index is -3.51. The molecule has 0 radical (unpaired) electrons. The second-order valence-electron chi connectivity index (χ2n) is 4.45. The number of rotatable bonds is 4. The average molecular weight is 295 g/mol. The monoisotopic (exact) mass is 294 g/mol. The summed E-state index contributed by atoms with van der Waals surface area (Å²) in [7, 11) is -3.51. The highest BCUT2D eigenvalue weighted by Gasteiger charge is 2.26. The van der Waals surface area contributed by atoms with Crippen LogP contribution in [0.3, 0.4) is 0 Å². The van der Waals surface area contributed by atoms with E-state index in [0.29, 0.717) is 5.92 Å². The Morgan fingerprint density at radius 2 is 2.33 bits per heavy atom. The van der Waals surface area contributed by atoms with Gasteiger partial charge in [0.1, 0.15) is 0 Å². The first kappa shape index (κ1) is 15.5. The predicted octanol–water partition coefficient (Wildman–Crippen LogP) is 1.37. The minimum Gasteiger partial charge on any atom is -0.452 e. The maximum absolute atomic E-state index is 11.9. The SMILES string of the molecule is CC(NS(=O)(=O)c1ccco1)C1CCCNC1.Cl. The van der Waals surface area contributed by atoms with Crippen LogP contribution in [-0.4, -0.2) is 27.5 Å². The van der Waals surface area contributed by atoms with Crippen molar-refractivity contribution in [3.05, 3.63) is 18.4 Å². The van der Waals surface area contributed by atoms with Crippen LogP contribution in [0.15, 0.2) is 27.9 Å². The Hall–Kier alpha value is -0.560. The Morgan fingerprint density at radius 1 is 1.56 bits per heavy atom. The molecule has 2 atom stereocenters. The molecule has 0 aliphatic carbocycles. The van der Waals surface area contributed by atoms with Crippen molar-refractivity contribution in [3.63, 3.8) is 0 Å². The van der Waals surface area contributed by atoms with Crippen LogP contribution in [0.5, 0.6) is 0 Å². The maximum Gasteiger partial charge on any atom is 0.274 e. The molecule has 0 amide bonds. The van der Waals surface area contributed by atoms with Gasteiger partial charge in [-0.3, -0.25) is 0 Å².